The number of benzene rings is 2. The van der Waals surface area contributed by atoms with E-state index in [-0.39, 0.29) is 24.2 Å². The third-order valence-corrected chi connectivity index (χ3v) is 5.07. The van der Waals surface area contributed by atoms with E-state index >= 15 is 0 Å². The van der Waals surface area contributed by atoms with Crippen LogP contribution in [0.1, 0.15) is 34.6 Å². The van der Waals surface area contributed by atoms with Crippen molar-refractivity contribution >= 4 is 13.4 Å². The lowest BCUT2D eigenvalue weighted by atomic mass is 10.3. The molecule has 0 saturated heterocycles. The second kappa shape index (κ2) is 9.65. The van der Waals surface area contributed by atoms with Gasteiger partial charge < -0.3 is 18.5 Å². The SMILES string of the molecule is CC(=O)CP(=O)(Oc1cccc(OC(C)C)c1)Oc1cccc(OC(C)C)c1. The fraction of sp³-hybridized carbons (Fsp3) is 0.381. The predicted molar refractivity (Wildman–Crippen MR) is 109 cm³/mol. The molecule has 152 valence electrons. The molecule has 0 N–H and O–H groups in total. The molecule has 0 aliphatic carbocycles. The van der Waals surface area contributed by atoms with E-state index in [4.69, 9.17) is 18.5 Å². The Morgan fingerprint density at radius 3 is 1.57 bits per heavy atom. The van der Waals surface area contributed by atoms with Crippen molar-refractivity contribution in [2.24, 2.45) is 0 Å². The van der Waals surface area contributed by atoms with Crippen LogP contribution in [0.2, 0.25) is 0 Å². The molecule has 28 heavy (non-hydrogen) atoms. The second-order valence-electron chi connectivity index (χ2n) is 6.94. The van der Waals surface area contributed by atoms with Gasteiger partial charge in [0, 0.05) is 12.1 Å². The Morgan fingerprint density at radius 2 is 1.21 bits per heavy atom. The lowest BCUT2D eigenvalue weighted by Crippen LogP contribution is -2.11. The molecule has 0 aliphatic heterocycles. The fourth-order valence-corrected chi connectivity index (χ4v) is 4.01. The first kappa shape index (κ1) is 21.8. The molecule has 7 heteroatoms. The van der Waals surface area contributed by atoms with E-state index in [0.29, 0.717) is 23.0 Å². The molecule has 0 saturated carbocycles. The van der Waals surface area contributed by atoms with E-state index in [0.717, 1.165) is 0 Å². The van der Waals surface area contributed by atoms with Gasteiger partial charge >= 0.3 is 7.60 Å². The molecule has 0 heterocycles. The van der Waals surface area contributed by atoms with Crippen LogP contribution in [0.25, 0.3) is 0 Å². The maximum Gasteiger partial charge on any atom is 0.438 e. The van der Waals surface area contributed by atoms with Crippen molar-refractivity contribution in [1.82, 2.24) is 0 Å². The number of hydrogen-bond donors (Lipinski definition) is 0. The molecule has 0 spiro atoms. The number of ketones is 1. The first-order valence-corrected chi connectivity index (χ1v) is 10.9. The molecular weight excluding hydrogens is 379 g/mol. The van der Waals surface area contributed by atoms with E-state index in [1.165, 1.54) is 6.92 Å². The standard InChI is InChI=1S/C21H27O6P/c1-15(2)24-18-8-6-10-20(12-18)26-28(23,14-17(5)22)27-21-11-7-9-19(13-21)25-16(3)4/h6-13,15-16H,14H2,1-5H3. The lowest BCUT2D eigenvalue weighted by Gasteiger charge is -2.20. The van der Waals surface area contributed by atoms with Crippen molar-refractivity contribution in [2.75, 3.05) is 6.16 Å². The van der Waals surface area contributed by atoms with Gasteiger partial charge in [0.2, 0.25) is 0 Å². The first-order chi connectivity index (χ1) is 13.1. The average molecular weight is 406 g/mol. The van der Waals surface area contributed by atoms with Crippen molar-refractivity contribution in [2.45, 2.75) is 46.8 Å². The Labute approximate surface area is 166 Å². The van der Waals surface area contributed by atoms with Gasteiger partial charge in [-0.2, -0.15) is 0 Å². The Bertz CT molecular complexity index is 787. The molecule has 0 fully saturated rings. The topological polar surface area (TPSA) is 71.1 Å². The number of carbonyl (C=O) groups excluding carboxylic acids is 1. The van der Waals surface area contributed by atoms with Crippen LogP contribution in [0, 0.1) is 0 Å². The van der Waals surface area contributed by atoms with Gasteiger partial charge in [0.05, 0.1) is 12.2 Å². The number of Topliss-reactive ketones (excluding diaryl/α,β-unsaturated/α-hetero) is 1. The third kappa shape index (κ3) is 7.28. The minimum Gasteiger partial charge on any atom is -0.491 e. The van der Waals surface area contributed by atoms with Crippen LogP contribution in [-0.4, -0.2) is 24.2 Å². The van der Waals surface area contributed by atoms with Crippen LogP contribution in [0.3, 0.4) is 0 Å². The van der Waals surface area contributed by atoms with Crippen LogP contribution in [0.15, 0.2) is 48.5 Å². The molecule has 6 nitrogen and oxygen atoms in total. The van der Waals surface area contributed by atoms with Gasteiger partial charge in [-0.05, 0) is 58.9 Å². The van der Waals surface area contributed by atoms with Crippen molar-refractivity contribution in [1.29, 1.82) is 0 Å². The van der Waals surface area contributed by atoms with Gasteiger partial charge in [0.25, 0.3) is 0 Å². The second-order valence-corrected chi connectivity index (χ2v) is 8.84. The summed E-state index contributed by atoms with van der Waals surface area (Å²) in [6.07, 6.45) is -0.379. The van der Waals surface area contributed by atoms with Crippen LogP contribution >= 0.6 is 7.60 Å². The molecule has 0 aromatic heterocycles. The Hall–Kier alpha value is -2.46. The summed E-state index contributed by atoms with van der Waals surface area (Å²) in [4.78, 5) is 11.7. The zero-order valence-corrected chi connectivity index (χ0v) is 17.8. The molecule has 2 aromatic carbocycles. The monoisotopic (exact) mass is 406 g/mol. The summed E-state index contributed by atoms with van der Waals surface area (Å²) in [6.45, 7) is 8.97. The van der Waals surface area contributed by atoms with E-state index in [1.54, 1.807) is 48.5 Å². The molecular formula is C21H27O6P. The number of ether oxygens (including phenoxy) is 2. The minimum absolute atomic E-state index is 0.0146. The van der Waals surface area contributed by atoms with Gasteiger partial charge in [-0.1, -0.05) is 12.1 Å². The van der Waals surface area contributed by atoms with Crippen molar-refractivity contribution in [3.63, 3.8) is 0 Å². The van der Waals surface area contributed by atoms with Gasteiger partial charge in [0.15, 0.2) is 0 Å². The number of rotatable bonds is 10. The summed E-state index contributed by atoms with van der Waals surface area (Å²) < 4.78 is 35.8. The van der Waals surface area contributed by atoms with Crippen LogP contribution < -0.4 is 18.5 Å². The highest BCUT2D eigenvalue weighted by Crippen LogP contribution is 2.49. The number of carbonyl (C=O) groups is 1. The molecule has 0 unspecified atom stereocenters. The van der Waals surface area contributed by atoms with E-state index in [2.05, 4.69) is 0 Å². The number of hydrogen-bond acceptors (Lipinski definition) is 6. The quantitative estimate of drug-likeness (QED) is 0.485. The van der Waals surface area contributed by atoms with Crippen LogP contribution in [0.5, 0.6) is 23.0 Å². The summed E-state index contributed by atoms with van der Waals surface area (Å²) in [5.74, 6) is 1.46. The van der Waals surface area contributed by atoms with E-state index in [9.17, 15) is 9.36 Å². The molecule has 0 amide bonds. The smallest absolute Gasteiger partial charge is 0.438 e. The van der Waals surface area contributed by atoms with Gasteiger partial charge in [-0.15, -0.1) is 0 Å². The summed E-state index contributed by atoms with van der Waals surface area (Å²) >= 11 is 0. The highest BCUT2D eigenvalue weighted by molar-refractivity contribution is 7.55. The Morgan fingerprint density at radius 1 is 0.821 bits per heavy atom. The molecule has 0 aliphatic rings. The molecule has 0 radical (unpaired) electrons. The zero-order chi connectivity index (χ0) is 20.7. The normalized spacial score (nSPS) is 11.4. The highest BCUT2D eigenvalue weighted by Gasteiger charge is 2.30. The Kier molecular flexibility index (Phi) is 7.53. The highest BCUT2D eigenvalue weighted by atomic mass is 31.2. The van der Waals surface area contributed by atoms with Crippen LogP contribution in [0.4, 0.5) is 0 Å². The minimum atomic E-state index is -3.79. The lowest BCUT2D eigenvalue weighted by molar-refractivity contribution is -0.114. The molecule has 0 bridgehead atoms. The maximum atomic E-state index is 13.3. The van der Waals surface area contributed by atoms with Gasteiger partial charge in [-0.25, -0.2) is 4.57 Å². The van der Waals surface area contributed by atoms with Gasteiger partial charge in [-0.3, -0.25) is 4.79 Å². The summed E-state index contributed by atoms with van der Waals surface area (Å²) in [7, 11) is -3.79. The molecule has 2 aromatic rings. The van der Waals surface area contributed by atoms with Crippen molar-refractivity contribution in [3.05, 3.63) is 48.5 Å². The molecule has 0 atom stereocenters. The van der Waals surface area contributed by atoms with E-state index < -0.39 is 7.60 Å². The summed E-state index contributed by atoms with van der Waals surface area (Å²) in [5.41, 5.74) is 0. The van der Waals surface area contributed by atoms with Crippen LogP contribution in [-0.2, 0) is 9.36 Å². The van der Waals surface area contributed by atoms with Crippen molar-refractivity contribution < 1.29 is 27.9 Å². The summed E-state index contributed by atoms with van der Waals surface area (Å²) in [5, 5.41) is 0. The summed E-state index contributed by atoms with van der Waals surface area (Å²) in [6, 6.07) is 13.5. The van der Waals surface area contributed by atoms with Crippen molar-refractivity contribution in [3.8, 4) is 23.0 Å². The first-order valence-electron chi connectivity index (χ1n) is 9.16. The predicted octanol–water partition coefficient (Wildman–Crippen LogP) is 5.50. The average Bonchev–Trinajstić information content (AvgIpc) is 2.52. The largest absolute Gasteiger partial charge is 0.491 e. The fourth-order valence-electron chi connectivity index (χ4n) is 2.43. The van der Waals surface area contributed by atoms with Gasteiger partial charge in [0.1, 0.15) is 34.9 Å². The Balaban J connectivity index is 2.24. The zero-order valence-electron chi connectivity index (χ0n) is 16.9. The molecule has 2 rings (SSSR count). The van der Waals surface area contributed by atoms with E-state index in [1.807, 2.05) is 27.7 Å². The third-order valence-electron chi connectivity index (χ3n) is 3.26. The maximum absolute atomic E-state index is 13.3.